The number of halogens is 2. The molecule has 0 aliphatic rings. The first kappa shape index (κ1) is 13.4. The highest BCUT2D eigenvalue weighted by molar-refractivity contribution is 9.10. The standard InChI is InChI=1S/C12H13BrFN3S/c1-7(2)6-17-11(15-16-12(17)18)9-4-3-8(13)5-10(9)14/h3-5,7H,6H2,1-2H3,(H,16,18). The molecule has 18 heavy (non-hydrogen) atoms. The van der Waals surface area contributed by atoms with Crippen molar-refractivity contribution in [2.45, 2.75) is 20.4 Å². The summed E-state index contributed by atoms with van der Waals surface area (Å²) in [6, 6.07) is 4.91. The van der Waals surface area contributed by atoms with Gasteiger partial charge < -0.3 is 0 Å². The zero-order chi connectivity index (χ0) is 13.3. The van der Waals surface area contributed by atoms with Gasteiger partial charge in [0.15, 0.2) is 10.6 Å². The van der Waals surface area contributed by atoms with E-state index in [1.165, 1.54) is 6.07 Å². The number of hydrogen-bond donors (Lipinski definition) is 1. The van der Waals surface area contributed by atoms with E-state index in [0.29, 0.717) is 33.1 Å². The van der Waals surface area contributed by atoms with Crippen LogP contribution in [-0.4, -0.2) is 14.8 Å². The van der Waals surface area contributed by atoms with Crippen molar-refractivity contribution in [1.82, 2.24) is 14.8 Å². The fraction of sp³-hybridized carbons (Fsp3) is 0.333. The predicted molar refractivity (Wildman–Crippen MR) is 75.3 cm³/mol. The highest BCUT2D eigenvalue weighted by atomic mass is 79.9. The average Bonchev–Trinajstić information content (AvgIpc) is 2.60. The van der Waals surface area contributed by atoms with Gasteiger partial charge in [0.25, 0.3) is 0 Å². The number of nitrogens with zero attached hydrogens (tertiary/aromatic N) is 2. The van der Waals surface area contributed by atoms with Gasteiger partial charge in [-0.3, -0.25) is 9.67 Å². The lowest BCUT2D eigenvalue weighted by molar-refractivity contribution is 0.520. The molecule has 1 aromatic heterocycles. The van der Waals surface area contributed by atoms with E-state index in [-0.39, 0.29) is 5.82 Å². The maximum absolute atomic E-state index is 13.9. The number of H-pyrrole nitrogens is 1. The van der Waals surface area contributed by atoms with Gasteiger partial charge in [-0.05, 0) is 36.3 Å². The van der Waals surface area contributed by atoms with E-state index in [1.54, 1.807) is 12.1 Å². The van der Waals surface area contributed by atoms with Crippen LogP contribution in [0.3, 0.4) is 0 Å². The Morgan fingerprint density at radius 3 is 2.83 bits per heavy atom. The molecule has 0 atom stereocenters. The molecule has 1 heterocycles. The second-order valence-corrected chi connectivity index (χ2v) is 5.78. The summed E-state index contributed by atoms with van der Waals surface area (Å²) in [7, 11) is 0. The highest BCUT2D eigenvalue weighted by Crippen LogP contribution is 2.24. The average molecular weight is 330 g/mol. The van der Waals surface area contributed by atoms with E-state index in [1.807, 2.05) is 4.57 Å². The lowest BCUT2D eigenvalue weighted by Gasteiger charge is -2.10. The summed E-state index contributed by atoms with van der Waals surface area (Å²) in [5.74, 6) is 0.633. The van der Waals surface area contributed by atoms with Crippen LogP contribution >= 0.6 is 28.1 Å². The molecular weight excluding hydrogens is 317 g/mol. The summed E-state index contributed by atoms with van der Waals surface area (Å²) in [6.07, 6.45) is 0. The van der Waals surface area contributed by atoms with Crippen molar-refractivity contribution in [3.05, 3.63) is 33.3 Å². The normalized spacial score (nSPS) is 11.2. The van der Waals surface area contributed by atoms with Gasteiger partial charge in [-0.25, -0.2) is 4.39 Å². The van der Waals surface area contributed by atoms with Crippen molar-refractivity contribution in [1.29, 1.82) is 0 Å². The summed E-state index contributed by atoms with van der Waals surface area (Å²) in [6.45, 7) is 4.87. The van der Waals surface area contributed by atoms with E-state index in [9.17, 15) is 4.39 Å². The maximum Gasteiger partial charge on any atom is 0.195 e. The Labute approximate surface area is 118 Å². The molecule has 0 saturated carbocycles. The summed E-state index contributed by atoms with van der Waals surface area (Å²) >= 11 is 8.41. The topological polar surface area (TPSA) is 33.6 Å². The molecule has 0 amide bonds. The number of hydrogen-bond acceptors (Lipinski definition) is 2. The molecule has 3 nitrogen and oxygen atoms in total. The molecule has 0 fully saturated rings. The molecule has 2 aromatic rings. The van der Waals surface area contributed by atoms with Crippen LogP contribution in [0.25, 0.3) is 11.4 Å². The minimum absolute atomic E-state index is 0.316. The largest absolute Gasteiger partial charge is 0.300 e. The Balaban J connectivity index is 2.54. The first-order valence-electron chi connectivity index (χ1n) is 5.59. The quantitative estimate of drug-likeness (QED) is 0.857. The van der Waals surface area contributed by atoms with E-state index in [0.717, 1.165) is 0 Å². The van der Waals surface area contributed by atoms with Crippen LogP contribution in [0.15, 0.2) is 22.7 Å². The van der Waals surface area contributed by atoms with Gasteiger partial charge in [0.2, 0.25) is 0 Å². The van der Waals surface area contributed by atoms with Crippen molar-refractivity contribution in [3.63, 3.8) is 0 Å². The fourth-order valence-corrected chi connectivity index (χ4v) is 2.27. The summed E-state index contributed by atoms with van der Waals surface area (Å²) < 4.78 is 17.0. The van der Waals surface area contributed by atoms with Gasteiger partial charge in [-0.2, -0.15) is 5.10 Å². The first-order chi connectivity index (χ1) is 8.49. The van der Waals surface area contributed by atoms with Crippen molar-refractivity contribution < 1.29 is 4.39 Å². The maximum atomic E-state index is 13.9. The number of aromatic amines is 1. The summed E-state index contributed by atoms with van der Waals surface area (Å²) in [5.41, 5.74) is 0.450. The van der Waals surface area contributed by atoms with Gasteiger partial charge in [0.1, 0.15) is 5.82 Å². The van der Waals surface area contributed by atoms with Gasteiger partial charge in [-0.1, -0.05) is 29.8 Å². The lowest BCUT2D eigenvalue weighted by atomic mass is 10.2. The third kappa shape index (κ3) is 2.70. The number of nitrogens with one attached hydrogen (secondary N) is 1. The molecule has 0 aliphatic carbocycles. The van der Waals surface area contributed by atoms with Crippen LogP contribution in [0, 0.1) is 16.5 Å². The summed E-state index contributed by atoms with van der Waals surface area (Å²) in [5, 5.41) is 6.84. The molecule has 2 rings (SSSR count). The molecule has 96 valence electrons. The number of benzene rings is 1. The van der Waals surface area contributed by atoms with Crippen molar-refractivity contribution in [3.8, 4) is 11.4 Å². The van der Waals surface area contributed by atoms with E-state index >= 15 is 0 Å². The Bertz CT molecular complexity index is 618. The van der Waals surface area contributed by atoms with Crippen molar-refractivity contribution in [2.24, 2.45) is 5.92 Å². The molecule has 1 aromatic carbocycles. The second-order valence-electron chi connectivity index (χ2n) is 4.48. The van der Waals surface area contributed by atoms with Crippen molar-refractivity contribution in [2.75, 3.05) is 0 Å². The third-order valence-electron chi connectivity index (χ3n) is 2.48. The van der Waals surface area contributed by atoms with Crippen LogP contribution in [0.1, 0.15) is 13.8 Å². The second kappa shape index (κ2) is 5.32. The SMILES string of the molecule is CC(C)Cn1c(-c2ccc(Br)cc2F)n[nH]c1=S. The Kier molecular flexibility index (Phi) is 3.97. The van der Waals surface area contributed by atoms with Gasteiger partial charge in [0, 0.05) is 11.0 Å². The number of rotatable bonds is 3. The number of aromatic nitrogens is 3. The Hall–Kier alpha value is -1.01. The molecule has 0 radical (unpaired) electrons. The predicted octanol–water partition coefficient (Wildman–Crippen LogP) is 4.17. The zero-order valence-electron chi connectivity index (χ0n) is 10.1. The van der Waals surface area contributed by atoms with Crippen LogP contribution in [0.4, 0.5) is 4.39 Å². The van der Waals surface area contributed by atoms with E-state index < -0.39 is 0 Å². The molecule has 0 bridgehead atoms. The van der Waals surface area contributed by atoms with Gasteiger partial charge in [-0.15, -0.1) is 0 Å². The molecule has 0 spiro atoms. The van der Waals surface area contributed by atoms with Gasteiger partial charge >= 0.3 is 0 Å². The molecule has 6 heteroatoms. The Morgan fingerprint density at radius 1 is 1.50 bits per heavy atom. The Morgan fingerprint density at radius 2 is 2.22 bits per heavy atom. The monoisotopic (exact) mass is 329 g/mol. The molecule has 0 saturated heterocycles. The molecule has 0 unspecified atom stereocenters. The fourth-order valence-electron chi connectivity index (χ4n) is 1.73. The highest BCUT2D eigenvalue weighted by Gasteiger charge is 2.14. The van der Waals surface area contributed by atoms with Crippen LogP contribution in [0.2, 0.25) is 0 Å². The smallest absolute Gasteiger partial charge is 0.195 e. The zero-order valence-corrected chi connectivity index (χ0v) is 12.5. The summed E-state index contributed by atoms with van der Waals surface area (Å²) in [4.78, 5) is 0. The van der Waals surface area contributed by atoms with Crippen LogP contribution in [-0.2, 0) is 6.54 Å². The lowest BCUT2D eigenvalue weighted by Crippen LogP contribution is -2.07. The van der Waals surface area contributed by atoms with Crippen molar-refractivity contribution >= 4 is 28.1 Å². The molecule has 0 aliphatic heterocycles. The van der Waals surface area contributed by atoms with E-state index in [2.05, 4.69) is 40.0 Å². The third-order valence-corrected chi connectivity index (χ3v) is 3.28. The first-order valence-corrected chi connectivity index (χ1v) is 6.79. The van der Waals surface area contributed by atoms with Crippen LogP contribution in [0.5, 0.6) is 0 Å². The van der Waals surface area contributed by atoms with Gasteiger partial charge in [0.05, 0.1) is 5.56 Å². The minimum atomic E-state index is -0.316. The van der Waals surface area contributed by atoms with E-state index in [4.69, 9.17) is 12.2 Å². The minimum Gasteiger partial charge on any atom is -0.300 e. The van der Waals surface area contributed by atoms with Crippen LogP contribution < -0.4 is 0 Å². The molecular formula is C12H13BrFN3S. The molecule has 1 N–H and O–H groups in total.